The van der Waals surface area contributed by atoms with Crippen LogP contribution in [0.2, 0.25) is 0 Å². The van der Waals surface area contributed by atoms with Crippen molar-refractivity contribution in [2.45, 2.75) is 0 Å². The largest absolute Gasteiger partial charge is 0.288 e. The predicted octanol–water partition coefficient (Wildman–Crippen LogP) is 1.42. The van der Waals surface area contributed by atoms with Gasteiger partial charge in [0.2, 0.25) is 0 Å². The van der Waals surface area contributed by atoms with Crippen LogP contribution in [0, 0.1) is 0 Å². The molecule has 3 nitrogen and oxygen atoms in total. The molecule has 0 unspecified atom stereocenters. The number of nitrogens with zero attached hydrogens (tertiary/aromatic N) is 2. The molecule has 3 heteroatoms. The second-order valence-corrected chi connectivity index (χ2v) is 3.30. The summed E-state index contributed by atoms with van der Waals surface area (Å²) in [6.07, 6.45) is 3.63. The Morgan fingerprint density at radius 1 is 1.21 bits per heavy atom. The maximum Gasteiger partial charge on any atom is 0.260 e. The van der Waals surface area contributed by atoms with Crippen molar-refractivity contribution in [2.24, 2.45) is 4.99 Å². The van der Waals surface area contributed by atoms with E-state index in [0.717, 1.165) is 17.0 Å². The van der Waals surface area contributed by atoms with E-state index in [9.17, 15) is 4.79 Å². The fourth-order valence-corrected chi connectivity index (χ4v) is 1.84. The molecule has 1 amide bonds. The van der Waals surface area contributed by atoms with Gasteiger partial charge in [0.1, 0.15) is 5.84 Å². The number of fused-ring (bicyclic) bond motifs is 3. The van der Waals surface area contributed by atoms with Crippen molar-refractivity contribution in [2.75, 3.05) is 6.54 Å². The first kappa shape index (κ1) is 7.50. The summed E-state index contributed by atoms with van der Waals surface area (Å²) in [4.78, 5) is 17.8. The Bertz CT molecular complexity index is 474. The summed E-state index contributed by atoms with van der Waals surface area (Å²) in [6.45, 7) is 0.631. The van der Waals surface area contributed by atoms with Gasteiger partial charge in [0.05, 0.1) is 5.56 Å². The third-order valence-electron chi connectivity index (χ3n) is 2.49. The van der Waals surface area contributed by atoms with Gasteiger partial charge < -0.3 is 0 Å². The molecule has 2 aliphatic heterocycles. The van der Waals surface area contributed by atoms with Gasteiger partial charge in [-0.2, -0.15) is 0 Å². The highest BCUT2D eigenvalue weighted by Crippen LogP contribution is 2.24. The number of carbonyl (C=O) groups is 1. The lowest BCUT2D eigenvalue weighted by atomic mass is 10.1. The lowest BCUT2D eigenvalue weighted by Crippen LogP contribution is -2.31. The minimum atomic E-state index is 0.0590. The van der Waals surface area contributed by atoms with Crippen molar-refractivity contribution in [1.82, 2.24) is 4.90 Å². The summed E-state index contributed by atoms with van der Waals surface area (Å²) in [5, 5.41) is 0. The number of rotatable bonds is 0. The lowest BCUT2D eigenvalue weighted by molar-refractivity contribution is 0.0869. The summed E-state index contributed by atoms with van der Waals surface area (Å²) in [5.41, 5.74) is 1.71. The molecule has 0 bridgehead atoms. The van der Waals surface area contributed by atoms with E-state index in [1.807, 2.05) is 30.3 Å². The van der Waals surface area contributed by atoms with Gasteiger partial charge in [-0.1, -0.05) is 18.2 Å². The zero-order valence-electron chi connectivity index (χ0n) is 7.47. The molecule has 14 heavy (non-hydrogen) atoms. The van der Waals surface area contributed by atoms with Crippen LogP contribution < -0.4 is 0 Å². The summed E-state index contributed by atoms with van der Waals surface area (Å²) < 4.78 is 0. The van der Waals surface area contributed by atoms with Crippen LogP contribution in [0.5, 0.6) is 0 Å². The van der Waals surface area contributed by atoms with Crippen molar-refractivity contribution in [3.63, 3.8) is 0 Å². The van der Waals surface area contributed by atoms with E-state index in [0.29, 0.717) is 6.54 Å². The first-order valence-electron chi connectivity index (χ1n) is 4.52. The topological polar surface area (TPSA) is 32.7 Å². The third-order valence-corrected chi connectivity index (χ3v) is 2.49. The second kappa shape index (κ2) is 2.54. The Labute approximate surface area is 81.4 Å². The van der Waals surface area contributed by atoms with Crippen molar-refractivity contribution in [1.29, 1.82) is 0 Å². The maximum absolute atomic E-state index is 11.8. The van der Waals surface area contributed by atoms with Crippen LogP contribution in [0.1, 0.15) is 15.9 Å². The first-order valence-corrected chi connectivity index (χ1v) is 4.52. The molecule has 2 heterocycles. The van der Waals surface area contributed by atoms with Crippen LogP contribution in [-0.4, -0.2) is 23.2 Å². The van der Waals surface area contributed by atoms with Gasteiger partial charge in [0.15, 0.2) is 0 Å². The molecule has 0 aromatic heterocycles. The minimum absolute atomic E-state index is 0.0590. The molecule has 1 aromatic carbocycles. The van der Waals surface area contributed by atoms with E-state index in [2.05, 4.69) is 4.99 Å². The fraction of sp³-hybridized carbons (Fsp3) is 0.0909. The first-order chi connectivity index (χ1) is 6.88. The van der Waals surface area contributed by atoms with Crippen LogP contribution in [-0.2, 0) is 0 Å². The van der Waals surface area contributed by atoms with Crippen molar-refractivity contribution >= 4 is 11.7 Å². The van der Waals surface area contributed by atoms with E-state index >= 15 is 0 Å². The molecule has 0 spiro atoms. The highest BCUT2D eigenvalue weighted by Gasteiger charge is 2.32. The Morgan fingerprint density at radius 2 is 2.00 bits per heavy atom. The van der Waals surface area contributed by atoms with Crippen LogP contribution in [0.4, 0.5) is 0 Å². The highest BCUT2D eigenvalue weighted by atomic mass is 16.2. The average Bonchev–Trinajstić information content (AvgIpc) is 2.55. The molecule has 2 aliphatic rings. The van der Waals surface area contributed by atoms with Gasteiger partial charge in [-0.25, -0.2) is 4.99 Å². The second-order valence-electron chi connectivity index (χ2n) is 3.30. The Morgan fingerprint density at radius 3 is 2.86 bits per heavy atom. The number of aliphatic imine (C=N–C) groups is 1. The summed E-state index contributed by atoms with van der Waals surface area (Å²) in [7, 11) is 0. The number of amidine groups is 1. The number of benzene rings is 1. The lowest BCUT2D eigenvalue weighted by Gasteiger charge is -2.16. The SMILES string of the molecule is O=C1c2ccccc2C2=NC=CCN12. The molecule has 0 fully saturated rings. The van der Waals surface area contributed by atoms with E-state index < -0.39 is 0 Å². The zero-order valence-corrected chi connectivity index (χ0v) is 7.47. The van der Waals surface area contributed by atoms with Gasteiger partial charge in [0, 0.05) is 18.3 Å². The molecule has 1 aromatic rings. The Hall–Kier alpha value is -1.90. The highest BCUT2D eigenvalue weighted by molar-refractivity contribution is 6.23. The van der Waals surface area contributed by atoms with Gasteiger partial charge in [-0.15, -0.1) is 0 Å². The molecule has 0 N–H and O–H groups in total. The molecule has 0 atom stereocenters. The molecule has 0 aliphatic carbocycles. The molecule has 0 radical (unpaired) electrons. The quantitative estimate of drug-likeness (QED) is 0.600. The van der Waals surface area contributed by atoms with Crippen LogP contribution in [0.3, 0.4) is 0 Å². The Balaban J connectivity index is 2.27. The van der Waals surface area contributed by atoms with E-state index in [1.54, 1.807) is 11.1 Å². The Kier molecular flexibility index (Phi) is 1.36. The minimum Gasteiger partial charge on any atom is -0.288 e. The number of carbonyl (C=O) groups excluding carboxylic acids is 1. The van der Waals surface area contributed by atoms with Crippen LogP contribution in [0.15, 0.2) is 41.5 Å². The van der Waals surface area contributed by atoms with E-state index in [4.69, 9.17) is 0 Å². The summed E-state index contributed by atoms with van der Waals surface area (Å²) in [5.74, 6) is 0.844. The van der Waals surface area contributed by atoms with Crippen molar-refractivity contribution in [3.8, 4) is 0 Å². The molecule has 68 valence electrons. The maximum atomic E-state index is 11.8. The number of amides is 1. The van der Waals surface area contributed by atoms with Gasteiger partial charge in [0.25, 0.3) is 5.91 Å². The molecule has 3 rings (SSSR count). The van der Waals surface area contributed by atoms with Gasteiger partial charge >= 0.3 is 0 Å². The standard InChI is InChI=1S/C11H8N2O/c14-11-9-5-2-1-4-8(9)10-12-6-3-7-13(10)11/h1-6H,7H2. The average molecular weight is 184 g/mol. The molecule has 0 saturated carbocycles. The van der Waals surface area contributed by atoms with Crippen LogP contribution >= 0.6 is 0 Å². The normalized spacial score (nSPS) is 17.9. The van der Waals surface area contributed by atoms with Gasteiger partial charge in [-0.05, 0) is 12.1 Å². The third kappa shape index (κ3) is 0.812. The number of hydrogen-bond donors (Lipinski definition) is 0. The summed E-state index contributed by atoms with van der Waals surface area (Å²) >= 11 is 0. The van der Waals surface area contributed by atoms with E-state index in [1.165, 1.54) is 0 Å². The summed E-state index contributed by atoms with van der Waals surface area (Å²) in [6, 6.07) is 7.59. The molecular formula is C11H8N2O. The monoisotopic (exact) mass is 184 g/mol. The predicted molar refractivity (Wildman–Crippen MR) is 53.2 cm³/mol. The smallest absolute Gasteiger partial charge is 0.260 e. The van der Waals surface area contributed by atoms with Crippen molar-refractivity contribution in [3.05, 3.63) is 47.7 Å². The molecule has 0 saturated heterocycles. The molecular weight excluding hydrogens is 176 g/mol. The zero-order chi connectivity index (χ0) is 9.54. The van der Waals surface area contributed by atoms with Crippen molar-refractivity contribution < 1.29 is 4.79 Å². The number of hydrogen-bond acceptors (Lipinski definition) is 2. The van der Waals surface area contributed by atoms with Crippen LogP contribution in [0.25, 0.3) is 0 Å². The van der Waals surface area contributed by atoms with Gasteiger partial charge in [-0.3, -0.25) is 9.69 Å². The van der Waals surface area contributed by atoms with E-state index in [-0.39, 0.29) is 5.91 Å². The fourth-order valence-electron chi connectivity index (χ4n) is 1.84.